The van der Waals surface area contributed by atoms with Crippen LogP contribution in [0.25, 0.3) is 0 Å². The molecule has 4 amide bonds. The van der Waals surface area contributed by atoms with Crippen molar-refractivity contribution in [2.75, 3.05) is 70.1 Å². The lowest BCUT2D eigenvalue weighted by Crippen LogP contribution is -2.47. The van der Waals surface area contributed by atoms with Gasteiger partial charge in [0.1, 0.15) is 17.6 Å². The van der Waals surface area contributed by atoms with Crippen LogP contribution in [0.15, 0.2) is 36.5 Å². The van der Waals surface area contributed by atoms with E-state index in [4.69, 9.17) is 21.6 Å². The molecule has 0 spiro atoms. The van der Waals surface area contributed by atoms with Crippen molar-refractivity contribution in [1.82, 2.24) is 25.4 Å². The summed E-state index contributed by atoms with van der Waals surface area (Å²) in [7, 11) is 2.12. The maximum absolute atomic E-state index is 12.4. The first-order valence-electron chi connectivity index (χ1n) is 11.7. The smallest absolute Gasteiger partial charge is 0.324 e. The van der Waals surface area contributed by atoms with Crippen LogP contribution >= 0.6 is 11.6 Å². The topological polar surface area (TPSA) is 135 Å². The van der Waals surface area contributed by atoms with E-state index in [0.717, 1.165) is 32.7 Å². The number of halogens is 1. The summed E-state index contributed by atoms with van der Waals surface area (Å²) in [5.41, 5.74) is 0.785. The number of nitrogens with one attached hydrogen (secondary N) is 4. The maximum Gasteiger partial charge on any atom is 0.324 e. The number of hydrogen-bond donors (Lipinski definition) is 4. The van der Waals surface area contributed by atoms with E-state index < -0.39 is 6.03 Å². The molecule has 12 heteroatoms. The molecule has 0 radical (unpaired) electrons. The maximum atomic E-state index is 12.4. The van der Waals surface area contributed by atoms with E-state index in [1.54, 1.807) is 24.3 Å². The number of rotatable bonds is 10. The van der Waals surface area contributed by atoms with Crippen LogP contribution < -0.4 is 26.0 Å². The molecule has 11 nitrogen and oxygen atoms in total. The van der Waals surface area contributed by atoms with E-state index in [2.05, 4.69) is 43.1 Å². The van der Waals surface area contributed by atoms with Crippen LogP contribution in [0, 0.1) is 11.3 Å². The molecule has 1 aliphatic rings. The number of aromatic nitrogens is 1. The minimum absolute atomic E-state index is 0.203. The first-order chi connectivity index (χ1) is 17.4. The van der Waals surface area contributed by atoms with Gasteiger partial charge in [0.25, 0.3) is 0 Å². The Balaban J connectivity index is 1.35. The molecule has 1 saturated heterocycles. The number of likely N-dealkylation sites (N-methyl/N-ethyl adjacent to an activating group) is 1. The van der Waals surface area contributed by atoms with Crippen LogP contribution in [0.5, 0.6) is 5.75 Å². The van der Waals surface area contributed by atoms with Gasteiger partial charge < -0.3 is 25.6 Å². The van der Waals surface area contributed by atoms with Crippen LogP contribution in [0.3, 0.4) is 0 Å². The number of hydrogen-bond acceptors (Lipinski definition) is 7. The number of ether oxygens (including phenoxy) is 1. The number of urea groups is 2. The van der Waals surface area contributed by atoms with Gasteiger partial charge in [0, 0.05) is 57.0 Å². The van der Waals surface area contributed by atoms with Crippen LogP contribution in [-0.4, -0.2) is 86.3 Å². The number of nitriles is 1. The Kier molecular flexibility index (Phi) is 10.6. The van der Waals surface area contributed by atoms with Gasteiger partial charge in [-0.25, -0.2) is 14.6 Å². The number of carbonyl (C=O) groups is 2. The molecule has 0 saturated carbocycles. The molecule has 192 valence electrons. The molecule has 1 aromatic heterocycles. The highest BCUT2D eigenvalue weighted by atomic mass is 35.5. The largest absolute Gasteiger partial charge is 0.491 e. The molecule has 0 bridgehead atoms. The molecule has 3 rings (SSSR count). The van der Waals surface area contributed by atoms with Gasteiger partial charge in [0.2, 0.25) is 0 Å². The number of benzene rings is 1. The van der Waals surface area contributed by atoms with Crippen molar-refractivity contribution < 1.29 is 14.3 Å². The van der Waals surface area contributed by atoms with Crippen LogP contribution in [0.1, 0.15) is 12.0 Å². The molecule has 1 aliphatic heterocycles. The Bertz CT molecular complexity index is 1050. The third-order valence-corrected chi connectivity index (χ3v) is 5.73. The lowest BCUT2D eigenvalue weighted by molar-refractivity contribution is 0.155. The summed E-state index contributed by atoms with van der Waals surface area (Å²) in [6, 6.07) is 9.22. The Hall–Kier alpha value is -3.59. The lowest BCUT2D eigenvalue weighted by Gasteiger charge is -2.32. The lowest BCUT2D eigenvalue weighted by atomic mass is 10.3. The summed E-state index contributed by atoms with van der Waals surface area (Å²) in [5, 5.41) is 20.2. The zero-order valence-electron chi connectivity index (χ0n) is 20.2. The van der Waals surface area contributed by atoms with Crippen LogP contribution in [0.2, 0.25) is 5.02 Å². The van der Waals surface area contributed by atoms with Crippen molar-refractivity contribution in [2.24, 2.45) is 0 Å². The molecule has 0 unspecified atom stereocenters. The third-order valence-electron chi connectivity index (χ3n) is 5.50. The zero-order valence-corrected chi connectivity index (χ0v) is 21.0. The number of nitrogens with zero attached hydrogens (tertiary/aromatic N) is 4. The van der Waals surface area contributed by atoms with Gasteiger partial charge in [-0.05, 0) is 43.8 Å². The Morgan fingerprint density at radius 2 is 1.86 bits per heavy atom. The molecule has 4 N–H and O–H groups in total. The SMILES string of the molecule is CN1CCN(CCNC(=O)NCCCOc2ccc(Cl)cc2NC(=O)Nc2ccc(C#N)cn2)CC1. The van der Waals surface area contributed by atoms with Crippen molar-refractivity contribution in [3.63, 3.8) is 0 Å². The van der Waals surface area contributed by atoms with E-state index in [-0.39, 0.29) is 6.03 Å². The molecular formula is C24H31ClN8O3. The van der Waals surface area contributed by atoms with E-state index in [9.17, 15) is 9.59 Å². The molecule has 1 aromatic carbocycles. The molecule has 2 heterocycles. The normalized spacial score (nSPS) is 13.9. The van der Waals surface area contributed by atoms with Gasteiger partial charge in [0.15, 0.2) is 0 Å². The van der Waals surface area contributed by atoms with Crippen molar-refractivity contribution in [3.05, 3.63) is 47.1 Å². The third kappa shape index (κ3) is 9.22. The second-order valence-corrected chi connectivity index (χ2v) is 8.73. The number of amides is 4. The summed E-state index contributed by atoms with van der Waals surface area (Å²) in [6.07, 6.45) is 1.95. The summed E-state index contributed by atoms with van der Waals surface area (Å²) < 4.78 is 5.79. The first-order valence-corrected chi connectivity index (χ1v) is 12.1. The number of piperazine rings is 1. The van der Waals surface area contributed by atoms with Gasteiger partial charge in [-0.3, -0.25) is 10.2 Å². The second kappa shape index (κ2) is 14.1. The van der Waals surface area contributed by atoms with Crippen LogP contribution in [0.4, 0.5) is 21.1 Å². The van der Waals surface area contributed by atoms with Gasteiger partial charge >= 0.3 is 12.1 Å². The fourth-order valence-electron chi connectivity index (χ4n) is 3.45. The number of anilines is 2. The molecule has 36 heavy (non-hydrogen) atoms. The van der Waals surface area contributed by atoms with E-state index in [1.165, 1.54) is 12.3 Å². The van der Waals surface area contributed by atoms with Crippen molar-refractivity contribution >= 4 is 35.2 Å². The number of pyridine rings is 1. The Labute approximate surface area is 215 Å². The fraction of sp³-hybridized carbons (Fsp3) is 0.417. The quantitative estimate of drug-likeness (QED) is 0.358. The standard InChI is InChI=1S/C24H31ClN8O3/c1-32-10-12-33(13-11-32)9-8-28-23(34)27-7-2-14-36-21-5-4-19(25)15-20(21)30-24(35)31-22-6-3-18(16-26)17-29-22/h3-6,15,17H,2,7-14H2,1H3,(H2,27,28,34)(H2,29,30,31,35). The molecule has 2 aromatic rings. The summed E-state index contributed by atoms with van der Waals surface area (Å²) in [4.78, 5) is 33.0. The van der Waals surface area contributed by atoms with Crippen molar-refractivity contribution in [1.29, 1.82) is 5.26 Å². The highest BCUT2D eigenvalue weighted by molar-refractivity contribution is 6.31. The highest BCUT2D eigenvalue weighted by Gasteiger charge is 2.13. The monoisotopic (exact) mass is 514 g/mol. The van der Waals surface area contributed by atoms with Gasteiger partial charge in [-0.15, -0.1) is 0 Å². The number of carbonyl (C=O) groups excluding carboxylic acids is 2. The minimum Gasteiger partial charge on any atom is -0.491 e. The minimum atomic E-state index is -0.533. The molecule has 1 fully saturated rings. The molecule has 0 aliphatic carbocycles. The summed E-state index contributed by atoms with van der Waals surface area (Å²) in [5.74, 6) is 0.739. The predicted molar refractivity (Wildman–Crippen MR) is 138 cm³/mol. The van der Waals surface area contributed by atoms with Crippen LogP contribution in [-0.2, 0) is 0 Å². The molecule has 0 atom stereocenters. The van der Waals surface area contributed by atoms with Gasteiger partial charge in [-0.1, -0.05) is 11.6 Å². The Morgan fingerprint density at radius 3 is 2.58 bits per heavy atom. The van der Waals surface area contributed by atoms with Crippen molar-refractivity contribution in [2.45, 2.75) is 6.42 Å². The zero-order chi connectivity index (χ0) is 25.8. The molecular weight excluding hydrogens is 484 g/mol. The summed E-state index contributed by atoms with van der Waals surface area (Å²) in [6.45, 7) is 6.36. The summed E-state index contributed by atoms with van der Waals surface area (Å²) >= 11 is 6.08. The fourth-order valence-corrected chi connectivity index (χ4v) is 3.62. The predicted octanol–water partition coefficient (Wildman–Crippen LogP) is 2.57. The van der Waals surface area contributed by atoms with E-state index in [1.807, 2.05) is 6.07 Å². The average molecular weight is 515 g/mol. The van der Waals surface area contributed by atoms with E-state index in [0.29, 0.717) is 54.0 Å². The van der Waals surface area contributed by atoms with E-state index >= 15 is 0 Å². The highest BCUT2D eigenvalue weighted by Crippen LogP contribution is 2.28. The Morgan fingerprint density at radius 1 is 1.08 bits per heavy atom. The van der Waals surface area contributed by atoms with Gasteiger partial charge in [-0.2, -0.15) is 5.26 Å². The second-order valence-electron chi connectivity index (χ2n) is 8.29. The van der Waals surface area contributed by atoms with Crippen molar-refractivity contribution in [3.8, 4) is 11.8 Å². The first kappa shape index (κ1) is 27.0. The van der Waals surface area contributed by atoms with Gasteiger partial charge in [0.05, 0.1) is 17.9 Å². The average Bonchev–Trinajstić information content (AvgIpc) is 2.86.